The number of ether oxygens (including phenoxy) is 2. The fourth-order valence-electron chi connectivity index (χ4n) is 2.34. The first-order valence-electron chi connectivity index (χ1n) is 6.48. The van der Waals surface area contributed by atoms with Gasteiger partial charge in [-0.15, -0.1) is 0 Å². The highest BCUT2D eigenvalue weighted by Crippen LogP contribution is 2.31. The molecule has 0 N–H and O–H groups in total. The van der Waals surface area contributed by atoms with Crippen molar-refractivity contribution >= 4 is 6.09 Å². The molecule has 0 aromatic rings. The van der Waals surface area contributed by atoms with Crippen molar-refractivity contribution in [1.82, 2.24) is 4.90 Å². The van der Waals surface area contributed by atoms with Gasteiger partial charge in [0.15, 0.2) is 0 Å². The summed E-state index contributed by atoms with van der Waals surface area (Å²) in [7, 11) is 0. The van der Waals surface area contributed by atoms with Gasteiger partial charge in [-0.05, 0) is 40.5 Å². The van der Waals surface area contributed by atoms with Crippen molar-refractivity contribution in [1.29, 1.82) is 0 Å². The van der Waals surface area contributed by atoms with Crippen LogP contribution < -0.4 is 0 Å². The zero-order valence-corrected chi connectivity index (χ0v) is 11.2. The predicted octanol–water partition coefficient (Wildman–Crippen LogP) is 2.42. The minimum absolute atomic E-state index is 0.185. The summed E-state index contributed by atoms with van der Waals surface area (Å²) in [6.07, 6.45) is 2.40. The van der Waals surface area contributed by atoms with Gasteiger partial charge in [0.2, 0.25) is 0 Å². The van der Waals surface area contributed by atoms with E-state index in [1.807, 2.05) is 25.7 Å². The first-order chi connectivity index (χ1) is 7.87. The summed E-state index contributed by atoms with van der Waals surface area (Å²) in [6.45, 7) is 9.44. The first-order valence-corrected chi connectivity index (χ1v) is 6.48. The van der Waals surface area contributed by atoms with Gasteiger partial charge in [0.25, 0.3) is 0 Å². The second-order valence-electron chi connectivity index (χ2n) is 6.19. The lowest BCUT2D eigenvalue weighted by atomic mass is 9.91. The van der Waals surface area contributed by atoms with Crippen molar-refractivity contribution in [2.24, 2.45) is 5.92 Å². The lowest BCUT2D eigenvalue weighted by Crippen LogP contribution is -2.48. The van der Waals surface area contributed by atoms with Crippen LogP contribution in [-0.4, -0.2) is 41.9 Å². The van der Waals surface area contributed by atoms with E-state index in [9.17, 15) is 4.79 Å². The standard InChI is InChI=1S/C13H23NO3/c1-9-5-6-10(11-8-16-11)7-14(9)12(15)17-13(2,3)4/h9-11H,5-8H2,1-4H3/t9-,10?,11-/m1/s1. The SMILES string of the molecule is C[C@@H]1CCC([C@H]2CO2)CN1C(=O)OC(C)(C)C. The topological polar surface area (TPSA) is 42.1 Å². The molecule has 0 aliphatic carbocycles. The zero-order chi connectivity index (χ0) is 12.6. The molecule has 2 saturated heterocycles. The van der Waals surface area contributed by atoms with Crippen LogP contribution in [0, 0.1) is 5.92 Å². The molecule has 0 aromatic heterocycles. The van der Waals surface area contributed by atoms with E-state index >= 15 is 0 Å². The second kappa shape index (κ2) is 4.48. The lowest BCUT2D eigenvalue weighted by molar-refractivity contribution is 0.00356. The summed E-state index contributed by atoms with van der Waals surface area (Å²) in [6, 6.07) is 0.278. The summed E-state index contributed by atoms with van der Waals surface area (Å²) in [5, 5.41) is 0. The normalized spacial score (nSPS) is 33.4. The Morgan fingerprint density at radius 1 is 1.35 bits per heavy atom. The van der Waals surface area contributed by atoms with Gasteiger partial charge in [-0.2, -0.15) is 0 Å². The Bertz CT molecular complexity index is 294. The quantitative estimate of drug-likeness (QED) is 0.662. The minimum atomic E-state index is -0.417. The Labute approximate surface area is 103 Å². The summed E-state index contributed by atoms with van der Waals surface area (Å²) in [4.78, 5) is 13.9. The third-order valence-corrected chi connectivity index (χ3v) is 3.43. The largest absolute Gasteiger partial charge is 0.444 e. The van der Waals surface area contributed by atoms with Crippen LogP contribution in [0.25, 0.3) is 0 Å². The van der Waals surface area contributed by atoms with Gasteiger partial charge >= 0.3 is 6.09 Å². The van der Waals surface area contributed by atoms with Crippen molar-refractivity contribution in [2.45, 2.75) is 58.3 Å². The summed E-state index contributed by atoms with van der Waals surface area (Å²) >= 11 is 0. The minimum Gasteiger partial charge on any atom is -0.444 e. The molecule has 98 valence electrons. The molecule has 2 rings (SSSR count). The Morgan fingerprint density at radius 2 is 2.00 bits per heavy atom. The van der Waals surface area contributed by atoms with Crippen LogP contribution >= 0.6 is 0 Å². The average molecular weight is 241 g/mol. The maximum atomic E-state index is 12.1. The number of epoxide rings is 1. The Hall–Kier alpha value is -0.770. The van der Waals surface area contributed by atoms with Gasteiger partial charge in [-0.1, -0.05) is 0 Å². The third-order valence-electron chi connectivity index (χ3n) is 3.43. The monoisotopic (exact) mass is 241 g/mol. The molecule has 0 spiro atoms. The van der Waals surface area contributed by atoms with E-state index in [-0.39, 0.29) is 12.1 Å². The van der Waals surface area contributed by atoms with Gasteiger partial charge in [0, 0.05) is 18.5 Å². The van der Waals surface area contributed by atoms with E-state index in [1.165, 1.54) is 0 Å². The van der Waals surface area contributed by atoms with E-state index in [0.717, 1.165) is 26.0 Å². The number of piperidine rings is 1. The molecule has 2 fully saturated rings. The smallest absolute Gasteiger partial charge is 0.410 e. The van der Waals surface area contributed by atoms with Gasteiger partial charge in [-0.3, -0.25) is 0 Å². The Morgan fingerprint density at radius 3 is 2.53 bits per heavy atom. The van der Waals surface area contributed by atoms with Crippen molar-refractivity contribution in [3.05, 3.63) is 0 Å². The lowest BCUT2D eigenvalue weighted by Gasteiger charge is -2.38. The van der Waals surface area contributed by atoms with E-state index < -0.39 is 5.60 Å². The number of hydrogen-bond donors (Lipinski definition) is 0. The molecule has 0 bridgehead atoms. The number of nitrogens with zero attached hydrogens (tertiary/aromatic N) is 1. The van der Waals surface area contributed by atoms with Crippen molar-refractivity contribution < 1.29 is 14.3 Å². The number of amides is 1. The molecule has 4 heteroatoms. The average Bonchev–Trinajstić information content (AvgIpc) is 2.99. The van der Waals surface area contributed by atoms with Crippen LogP contribution in [0.5, 0.6) is 0 Å². The molecule has 1 amide bonds. The highest BCUT2D eigenvalue weighted by Gasteiger charge is 2.40. The van der Waals surface area contributed by atoms with Crippen LogP contribution in [-0.2, 0) is 9.47 Å². The van der Waals surface area contributed by atoms with Crippen LogP contribution in [0.1, 0.15) is 40.5 Å². The van der Waals surface area contributed by atoms with Gasteiger partial charge in [-0.25, -0.2) is 4.79 Å². The summed E-state index contributed by atoms with van der Waals surface area (Å²) in [5.41, 5.74) is -0.417. The van der Waals surface area contributed by atoms with E-state index in [2.05, 4.69) is 6.92 Å². The fourth-order valence-corrected chi connectivity index (χ4v) is 2.34. The molecule has 2 aliphatic rings. The van der Waals surface area contributed by atoms with Gasteiger partial charge in [0.1, 0.15) is 5.60 Å². The van der Waals surface area contributed by atoms with E-state index in [0.29, 0.717) is 12.0 Å². The molecule has 0 aromatic carbocycles. The van der Waals surface area contributed by atoms with Crippen molar-refractivity contribution in [2.75, 3.05) is 13.2 Å². The highest BCUT2D eigenvalue weighted by atomic mass is 16.6. The molecule has 0 radical (unpaired) electrons. The molecule has 2 heterocycles. The first kappa shape index (κ1) is 12.7. The molecule has 17 heavy (non-hydrogen) atoms. The second-order valence-corrected chi connectivity index (χ2v) is 6.19. The summed E-state index contributed by atoms with van der Waals surface area (Å²) < 4.78 is 10.8. The molecule has 0 saturated carbocycles. The molecular weight excluding hydrogens is 218 g/mol. The fraction of sp³-hybridized carbons (Fsp3) is 0.923. The molecular formula is C13H23NO3. The predicted molar refractivity (Wildman–Crippen MR) is 64.9 cm³/mol. The maximum absolute atomic E-state index is 12.1. The number of likely N-dealkylation sites (tertiary alicyclic amines) is 1. The number of hydrogen-bond acceptors (Lipinski definition) is 3. The van der Waals surface area contributed by atoms with Gasteiger partial charge in [0.05, 0.1) is 12.7 Å². The van der Waals surface area contributed by atoms with Crippen LogP contribution in [0.2, 0.25) is 0 Å². The number of rotatable bonds is 1. The number of carbonyl (C=O) groups excluding carboxylic acids is 1. The van der Waals surface area contributed by atoms with E-state index in [4.69, 9.17) is 9.47 Å². The van der Waals surface area contributed by atoms with Gasteiger partial charge < -0.3 is 14.4 Å². The van der Waals surface area contributed by atoms with Crippen LogP contribution in [0.15, 0.2) is 0 Å². The Balaban J connectivity index is 1.94. The maximum Gasteiger partial charge on any atom is 0.410 e. The van der Waals surface area contributed by atoms with Crippen LogP contribution in [0.4, 0.5) is 4.79 Å². The molecule has 2 aliphatic heterocycles. The summed E-state index contributed by atoms with van der Waals surface area (Å²) in [5.74, 6) is 0.499. The molecule has 4 nitrogen and oxygen atoms in total. The highest BCUT2D eigenvalue weighted by molar-refractivity contribution is 5.68. The molecule has 1 unspecified atom stereocenters. The van der Waals surface area contributed by atoms with Crippen molar-refractivity contribution in [3.63, 3.8) is 0 Å². The zero-order valence-electron chi connectivity index (χ0n) is 11.2. The van der Waals surface area contributed by atoms with Crippen LogP contribution in [0.3, 0.4) is 0 Å². The van der Waals surface area contributed by atoms with E-state index in [1.54, 1.807) is 0 Å². The Kier molecular flexibility index (Phi) is 3.34. The third kappa shape index (κ3) is 3.35. The molecule has 3 atom stereocenters. The van der Waals surface area contributed by atoms with Crippen molar-refractivity contribution in [3.8, 4) is 0 Å². The number of carbonyl (C=O) groups is 1.